The van der Waals surface area contributed by atoms with Crippen molar-refractivity contribution in [3.63, 3.8) is 0 Å². The van der Waals surface area contributed by atoms with Crippen molar-refractivity contribution in [1.82, 2.24) is 0 Å². The van der Waals surface area contributed by atoms with Crippen molar-refractivity contribution in [2.24, 2.45) is 4.99 Å². The molecule has 0 bridgehead atoms. The molecule has 3 aromatic carbocycles. The van der Waals surface area contributed by atoms with E-state index in [1.165, 1.54) is 0 Å². The summed E-state index contributed by atoms with van der Waals surface area (Å²) in [6.07, 6.45) is -0.102. The van der Waals surface area contributed by atoms with Crippen molar-refractivity contribution in [3.8, 4) is 0 Å². The monoisotopic (exact) mass is 394 g/mol. The Balaban J connectivity index is 1.82. The molecule has 4 rings (SSSR count). The molecule has 2 atom stereocenters. The standard InChI is InChI=1S/C23H20Cl2N2/c1-15-8-13-20(21(25)14-15)22-16(2)27(19-11-9-18(24)10-12-19)23(26-22)17-6-4-3-5-7-17/h3-14,16,23H,1-2H3. The second-order valence-electron chi connectivity index (χ2n) is 6.84. The average molecular weight is 395 g/mol. The van der Waals surface area contributed by atoms with E-state index in [0.29, 0.717) is 0 Å². The molecule has 0 saturated carbocycles. The van der Waals surface area contributed by atoms with Gasteiger partial charge >= 0.3 is 0 Å². The van der Waals surface area contributed by atoms with E-state index in [-0.39, 0.29) is 12.2 Å². The second-order valence-corrected chi connectivity index (χ2v) is 7.69. The van der Waals surface area contributed by atoms with Gasteiger partial charge in [0.25, 0.3) is 0 Å². The van der Waals surface area contributed by atoms with Gasteiger partial charge in [-0.3, -0.25) is 4.99 Å². The minimum atomic E-state index is -0.102. The highest BCUT2D eigenvalue weighted by atomic mass is 35.5. The number of rotatable bonds is 3. The zero-order chi connectivity index (χ0) is 19.0. The van der Waals surface area contributed by atoms with Crippen LogP contribution in [0.1, 0.15) is 29.8 Å². The Hall–Kier alpha value is -2.29. The Kier molecular flexibility index (Phi) is 4.94. The molecule has 2 unspecified atom stereocenters. The minimum Gasteiger partial charge on any atom is -0.337 e. The summed E-state index contributed by atoms with van der Waals surface area (Å²) in [6.45, 7) is 4.22. The van der Waals surface area contributed by atoms with Crippen LogP contribution >= 0.6 is 23.2 Å². The van der Waals surface area contributed by atoms with Crippen molar-refractivity contribution in [2.75, 3.05) is 4.90 Å². The summed E-state index contributed by atoms with van der Waals surface area (Å²) in [4.78, 5) is 7.42. The number of aryl methyl sites for hydroxylation is 1. The summed E-state index contributed by atoms with van der Waals surface area (Å²) in [7, 11) is 0. The Labute approximate surface area is 170 Å². The Bertz CT molecular complexity index is 981. The number of nitrogens with zero attached hydrogens (tertiary/aromatic N) is 2. The summed E-state index contributed by atoms with van der Waals surface area (Å²) in [5, 5.41) is 1.47. The highest BCUT2D eigenvalue weighted by Gasteiger charge is 2.35. The lowest BCUT2D eigenvalue weighted by molar-refractivity contribution is 0.675. The Morgan fingerprint density at radius 2 is 1.59 bits per heavy atom. The molecular weight excluding hydrogens is 375 g/mol. The van der Waals surface area contributed by atoms with Crippen LogP contribution in [0.25, 0.3) is 0 Å². The summed E-state index contributed by atoms with van der Waals surface area (Å²) >= 11 is 12.7. The highest BCUT2D eigenvalue weighted by Crippen LogP contribution is 2.38. The molecule has 0 aliphatic carbocycles. The van der Waals surface area contributed by atoms with Crippen molar-refractivity contribution in [1.29, 1.82) is 0 Å². The van der Waals surface area contributed by atoms with Gasteiger partial charge in [-0.2, -0.15) is 0 Å². The number of anilines is 1. The molecule has 0 radical (unpaired) electrons. The maximum absolute atomic E-state index is 6.57. The lowest BCUT2D eigenvalue weighted by atomic mass is 10.0. The van der Waals surface area contributed by atoms with Crippen LogP contribution in [0.15, 0.2) is 77.8 Å². The van der Waals surface area contributed by atoms with E-state index in [1.54, 1.807) is 0 Å². The van der Waals surface area contributed by atoms with Crippen LogP contribution in [-0.2, 0) is 0 Å². The smallest absolute Gasteiger partial charge is 0.148 e. The summed E-state index contributed by atoms with van der Waals surface area (Å²) in [5.41, 5.74) is 5.38. The van der Waals surface area contributed by atoms with E-state index < -0.39 is 0 Å². The minimum absolute atomic E-state index is 0.0802. The normalized spacial score (nSPS) is 19.3. The van der Waals surface area contributed by atoms with Gasteiger partial charge in [0, 0.05) is 21.3 Å². The third-order valence-corrected chi connectivity index (χ3v) is 5.53. The third kappa shape index (κ3) is 3.47. The molecule has 0 spiro atoms. The molecule has 4 heteroatoms. The van der Waals surface area contributed by atoms with Gasteiger partial charge in [0.15, 0.2) is 0 Å². The highest BCUT2D eigenvalue weighted by molar-refractivity contribution is 6.35. The Morgan fingerprint density at radius 3 is 2.26 bits per heavy atom. The molecule has 2 nitrogen and oxygen atoms in total. The number of benzene rings is 3. The fourth-order valence-corrected chi connectivity index (χ4v) is 4.06. The number of halogens is 2. The fourth-order valence-electron chi connectivity index (χ4n) is 3.61. The largest absolute Gasteiger partial charge is 0.337 e. The molecular formula is C23H20Cl2N2. The van der Waals surface area contributed by atoms with Gasteiger partial charge in [-0.25, -0.2) is 0 Å². The van der Waals surface area contributed by atoms with Crippen LogP contribution in [-0.4, -0.2) is 11.8 Å². The predicted octanol–water partition coefficient (Wildman–Crippen LogP) is 6.70. The molecule has 0 N–H and O–H groups in total. The maximum atomic E-state index is 6.57. The SMILES string of the molecule is Cc1ccc(C2=NC(c3ccccc3)N(c3ccc(Cl)cc3)C2C)c(Cl)c1. The quantitative estimate of drug-likeness (QED) is 0.482. The van der Waals surface area contributed by atoms with E-state index in [9.17, 15) is 0 Å². The zero-order valence-corrected chi connectivity index (χ0v) is 16.7. The molecule has 3 aromatic rings. The molecule has 27 heavy (non-hydrogen) atoms. The first-order valence-corrected chi connectivity index (χ1v) is 9.73. The fraction of sp³-hybridized carbons (Fsp3) is 0.174. The van der Waals surface area contributed by atoms with E-state index >= 15 is 0 Å². The van der Waals surface area contributed by atoms with Crippen LogP contribution < -0.4 is 4.90 Å². The summed E-state index contributed by atoms with van der Waals surface area (Å²) < 4.78 is 0. The molecule has 0 aromatic heterocycles. The van der Waals surface area contributed by atoms with Crippen molar-refractivity contribution in [3.05, 3.63) is 99.5 Å². The predicted molar refractivity (Wildman–Crippen MR) is 115 cm³/mol. The topological polar surface area (TPSA) is 15.6 Å². The van der Waals surface area contributed by atoms with Gasteiger partial charge in [0.05, 0.1) is 11.8 Å². The molecule has 0 amide bonds. The lowest BCUT2D eigenvalue weighted by Crippen LogP contribution is -2.35. The van der Waals surface area contributed by atoms with Gasteiger partial charge < -0.3 is 4.90 Å². The molecule has 1 aliphatic heterocycles. The van der Waals surface area contributed by atoms with Crippen molar-refractivity contribution < 1.29 is 0 Å². The second kappa shape index (κ2) is 7.38. The molecule has 0 saturated heterocycles. The van der Waals surface area contributed by atoms with Crippen LogP contribution in [0.5, 0.6) is 0 Å². The Morgan fingerprint density at radius 1 is 0.889 bits per heavy atom. The van der Waals surface area contributed by atoms with Gasteiger partial charge in [-0.05, 0) is 55.3 Å². The van der Waals surface area contributed by atoms with Crippen molar-refractivity contribution >= 4 is 34.6 Å². The van der Waals surface area contributed by atoms with Crippen LogP contribution in [0.4, 0.5) is 5.69 Å². The average Bonchev–Trinajstić information content (AvgIpc) is 3.00. The number of aliphatic imine (C=N–C) groups is 1. The van der Waals surface area contributed by atoms with Gasteiger partial charge in [0.2, 0.25) is 0 Å². The summed E-state index contributed by atoms with van der Waals surface area (Å²) in [6, 6.07) is 24.5. The van der Waals surface area contributed by atoms with Gasteiger partial charge in [-0.1, -0.05) is 65.7 Å². The van der Waals surface area contributed by atoms with Gasteiger partial charge in [0.1, 0.15) is 6.17 Å². The molecule has 1 heterocycles. The van der Waals surface area contributed by atoms with Crippen LogP contribution in [0, 0.1) is 6.92 Å². The van der Waals surface area contributed by atoms with Crippen LogP contribution in [0.2, 0.25) is 10.0 Å². The summed E-state index contributed by atoms with van der Waals surface area (Å²) in [5.74, 6) is 0. The van der Waals surface area contributed by atoms with E-state index in [4.69, 9.17) is 28.2 Å². The molecule has 1 aliphatic rings. The zero-order valence-electron chi connectivity index (χ0n) is 15.2. The molecule has 136 valence electrons. The van der Waals surface area contributed by atoms with Gasteiger partial charge in [-0.15, -0.1) is 0 Å². The first-order valence-electron chi connectivity index (χ1n) is 8.97. The first kappa shape index (κ1) is 18.1. The van der Waals surface area contributed by atoms with Crippen molar-refractivity contribution in [2.45, 2.75) is 26.1 Å². The third-order valence-electron chi connectivity index (χ3n) is 4.96. The van der Waals surface area contributed by atoms with E-state index in [1.807, 2.05) is 55.5 Å². The number of hydrogen-bond acceptors (Lipinski definition) is 2. The van der Waals surface area contributed by atoms with E-state index in [2.05, 4.69) is 36.1 Å². The molecule has 0 fully saturated rings. The number of hydrogen-bond donors (Lipinski definition) is 0. The lowest BCUT2D eigenvalue weighted by Gasteiger charge is -2.30. The van der Waals surface area contributed by atoms with E-state index in [0.717, 1.165) is 38.1 Å². The maximum Gasteiger partial charge on any atom is 0.148 e. The van der Waals surface area contributed by atoms with Crippen LogP contribution in [0.3, 0.4) is 0 Å². The first-order chi connectivity index (χ1) is 13.0.